The Balaban J connectivity index is 1.34. The monoisotopic (exact) mass is 426 g/mol. The average molecular weight is 427 g/mol. The van der Waals surface area contributed by atoms with Gasteiger partial charge in [0.15, 0.2) is 0 Å². The largest absolute Gasteiger partial charge is 0.392 e. The van der Waals surface area contributed by atoms with Crippen molar-refractivity contribution in [3.63, 3.8) is 0 Å². The standard InChI is InChI=1S/C29H46O2/c1-19(18-30)6-5-7-20(2)22-9-10-23-21-8-11-25-28(4,24(21)12-14-27(22,23)3)15-13-26(31)29(25)16-17-29/h6,11,20-24,26,30-31H,5,7-10,12-18H2,1-4H3/t20-,21+,22-,23+,24+,26-,27-,28-/m1/s1. The van der Waals surface area contributed by atoms with E-state index in [-0.39, 0.29) is 18.1 Å². The molecule has 0 heterocycles. The van der Waals surface area contributed by atoms with E-state index < -0.39 is 0 Å². The molecule has 2 heteroatoms. The van der Waals surface area contributed by atoms with E-state index in [2.05, 4.69) is 32.9 Å². The van der Waals surface area contributed by atoms with Gasteiger partial charge in [-0.2, -0.15) is 0 Å². The van der Waals surface area contributed by atoms with Gasteiger partial charge in [-0.15, -0.1) is 0 Å². The molecule has 0 aliphatic heterocycles. The summed E-state index contributed by atoms with van der Waals surface area (Å²) in [7, 11) is 0. The van der Waals surface area contributed by atoms with Gasteiger partial charge in [-0.1, -0.05) is 44.1 Å². The number of fused-ring (bicyclic) bond motifs is 6. The molecule has 8 atom stereocenters. The van der Waals surface area contributed by atoms with Crippen LogP contribution in [-0.4, -0.2) is 22.9 Å². The molecule has 2 N–H and O–H groups in total. The van der Waals surface area contributed by atoms with E-state index in [0.717, 1.165) is 48.0 Å². The fourth-order valence-corrected chi connectivity index (χ4v) is 9.65. The summed E-state index contributed by atoms with van der Waals surface area (Å²) in [5.74, 6) is 4.25. The van der Waals surface area contributed by atoms with Crippen molar-refractivity contribution in [3.05, 3.63) is 23.3 Å². The van der Waals surface area contributed by atoms with E-state index in [4.69, 9.17) is 0 Å². The third kappa shape index (κ3) is 3.25. The zero-order valence-electron chi connectivity index (χ0n) is 20.5. The predicted octanol–water partition coefficient (Wildman–Crippen LogP) is 6.67. The van der Waals surface area contributed by atoms with Crippen LogP contribution in [0.2, 0.25) is 0 Å². The molecule has 31 heavy (non-hydrogen) atoms. The summed E-state index contributed by atoms with van der Waals surface area (Å²) in [4.78, 5) is 0. The van der Waals surface area contributed by atoms with Crippen LogP contribution in [0, 0.1) is 45.8 Å². The van der Waals surface area contributed by atoms with Crippen LogP contribution in [-0.2, 0) is 0 Å². The van der Waals surface area contributed by atoms with Gasteiger partial charge in [0.1, 0.15) is 0 Å². The molecule has 0 aromatic carbocycles. The van der Waals surface area contributed by atoms with E-state index in [1.807, 2.05) is 6.92 Å². The molecular formula is C29H46O2. The Bertz CT molecular complexity index is 761. The molecule has 0 radical (unpaired) electrons. The molecule has 4 fully saturated rings. The first-order valence-electron chi connectivity index (χ1n) is 13.4. The molecule has 0 aromatic rings. The predicted molar refractivity (Wildman–Crippen MR) is 127 cm³/mol. The summed E-state index contributed by atoms with van der Waals surface area (Å²) in [6, 6.07) is 0. The van der Waals surface area contributed by atoms with E-state index in [1.165, 1.54) is 57.8 Å². The van der Waals surface area contributed by atoms with E-state index in [0.29, 0.717) is 10.8 Å². The smallest absolute Gasteiger partial charge is 0.0639 e. The van der Waals surface area contributed by atoms with Gasteiger partial charge < -0.3 is 10.2 Å². The Morgan fingerprint density at radius 1 is 1.10 bits per heavy atom. The Hall–Kier alpha value is -0.600. The van der Waals surface area contributed by atoms with Crippen LogP contribution in [0.15, 0.2) is 23.3 Å². The third-order valence-corrected chi connectivity index (χ3v) is 11.5. The first kappa shape index (κ1) is 22.2. The van der Waals surface area contributed by atoms with Crippen molar-refractivity contribution in [1.82, 2.24) is 0 Å². The van der Waals surface area contributed by atoms with Crippen molar-refractivity contribution in [2.24, 2.45) is 45.8 Å². The fraction of sp³-hybridized carbons (Fsp3) is 0.862. The molecule has 174 valence electrons. The molecule has 2 nitrogen and oxygen atoms in total. The van der Waals surface area contributed by atoms with Gasteiger partial charge in [0.2, 0.25) is 0 Å². The molecule has 5 aliphatic carbocycles. The molecular weight excluding hydrogens is 380 g/mol. The summed E-state index contributed by atoms with van der Waals surface area (Å²) in [6.45, 7) is 10.0. The Morgan fingerprint density at radius 2 is 1.87 bits per heavy atom. The van der Waals surface area contributed by atoms with Crippen LogP contribution in [0.25, 0.3) is 0 Å². The van der Waals surface area contributed by atoms with Crippen molar-refractivity contribution in [2.45, 2.75) is 104 Å². The lowest BCUT2D eigenvalue weighted by Gasteiger charge is -2.60. The minimum Gasteiger partial charge on any atom is -0.392 e. The Labute approximate surface area is 190 Å². The Kier molecular flexibility index (Phi) is 5.53. The highest BCUT2D eigenvalue weighted by Gasteiger charge is 2.65. The molecule has 0 amide bonds. The quantitative estimate of drug-likeness (QED) is 0.482. The molecule has 5 rings (SSSR count). The lowest BCUT2D eigenvalue weighted by atomic mass is 9.45. The van der Waals surface area contributed by atoms with Gasteiger partial charge >= 0.3 is 0 Å². The minimum atomic E-state index is -0.0718. The summed E-state index contributed by atoms with van der Waals surface area (Å²) in [5.41, 5.74) is 3.87. The number of hydrogen-bond acceptors (Lipinski definition) is 2. The lowest BCUT2D eigenvalue weighted by molar-refractivity contribution is -0.0689. The molecule has 1 spiro atoms. The number of rotatable bonds is 5. The highest BCUT2D eigenvalue weighted by molar-refractivity contribution is 5.36. The van der Waals surface area contributed by atoms with E-state index in [1.54, 1.807) is 5.57 Å². The number of hydrogen-bond donors (Lipinski definition) is 2. The second-order valence-corrected chi connectivity index (χ2v) is 12.8. The maximum atomic E-state index is 10.8. The van der Waals surface area contributed by atoms with Crippen LogP contribution in [0.3, 0.4) is 0 Å². The van der Waals surface area contributed by atoms with Crippen LogP contribution >= 0.6 is 0 Å². The van der Waals surface area contributed by atoms with Crippen molar-refractivity contribution >= 4 is 0 Å². The normalized spacial score (nSPS) is 46.7. The minimum absolute atomic E-state index is 0.0718. The summed E-state index contributed by atoms with van der Waals surface area (Å²) < 4.78 is 0. The maximum absolute atomic E-state index is 10.8. The van der Waals surface area contributed by atoms with Crippen molar-refractivity contribution in [2.75, 3.05) is 6.61 Å². The zero-order valence-corrected chi connectivity index (χ0v) is 20.5. The van der Waals surface area contributed by atoms with Crippen molar-refractivity contribution < 1.29 is 10.2 Å². The molecule has 0 saturated heterocycles. The van der Waals surface area contributed by atoms with Crippen LogP contribution in [0.4, 0.5) is 0 Å². The van der Waals surface area contributed by atoms with E-state index >= 15 is 0 Å². The Morgan fingerprint density at radius 3 is 2.58 bits per heavy atom. The summed E-state index contributed by atoms with van der Waals surface area (Å²) >= 11 is 0. The topological polar surface area (TPSA) is 40.5 Å². The molecule has 5 aliphatic rings. The fourth-order valence-electron chi connectivity index (χ4n) is 9.65. The van der Waals surface area contributed by atoms with Gasteiger partial charge in [0.25, 0.3) is 0 Å². The lowest BCUT2D eigenvalue weighted by Crippen LogP contribution is -2.53. The first-order valence-corrected chi connectivity index (χ1v) is 13.4. The van der Waals surface area contributed by atoms with Gasteiger partial charge in [0, 0.05) is 5.41 Å². The zero-order chi connectivity index (χ0) is 22.0. The number of aliphatic hydroxyl groups is 2. The van der Waals surface area contributed by atoms with E-state index in [9.17, 15) is 10.2 Å². The second kappa shape index (κ2) is 7.73. The molecule has 0 aromatic heterocycles. The van der Waals surface area contributed by atoms with Gasteiger partial charge in [-0.25, -0.2) is 0 Å². The molecule has 0 bridgehead atoms. The second-order valence-electron chi connectivity index (χ2n) is 12.8. The third-order valence-electron chi connectivity index (χ3n) is 11.5. The summed E-state index contributed by atoms with van der Waals surface area (Å²) in [5, 5.41) is 20.1. The SMILES string of the molecule is CC(=CCC[C@@H](C)[C@H]1CC[C@H]2[C@@H]3CC=C4C5(CC5)[C@H](O)CC[C@]4(C)[C@H]3CC[C@]12C)CO. The highest BCUT2D eigenvalue weighted by Crippen LogP contribution is 2.72. The van der Waals surface area contributed by atoms with Gasteiger partial charge in [-0.3, -0.25) is 0 Å². The average Bonchev–Trinajstić information content (AvgIpc) is 3.45. The van der Waals surface area contributed by atoms with Crippen molar-refractivity contribution in [1.29, 1.82) is 0 Å². The summed E-state index contributed by atoms with van der Waals surface area (Å²) in [6.07, 6.45) is 18.9. The van der Waals surface area contributed by atoms with Gasteiger partial charge in [0.05, 0.1) is 12.7 Å². The number of aliphatic hydroxyl groups excluding tert-OH is 2. The first-order chi connectivity index (χ1) is 14.8. The number of allylic oxidation sites excluding steroid dienone is 2. The van der Waals surface area contributed by atoms with Crippen LogP contribution in [0.1, 0.15) is 98.3 Å². The molecule has 0 unspecified atom stereocenters. The van der Waals surface area contributed by atoms with Crippen LogP contribution in [0.5, 0.6) is 0 Å². The maximum Gasteiger partial charge on any atom is 0.0639 e. The van der Waals surface area contributed by atoms with Gasteiger partial charge in [-0.05, 0) is 118 Å². The van der Waals surface area contributed by atoms with Crippen LogP contribution < -0.4 is 0 Å². The van der Waals surface area contributed by atoms with Crippen molar-refractivity contribution in [3.8, 4) is 0 Å². The highest BCUT2D eigenvalue weighted by atomic mass is 16.3. The molecule has 4 saturated carbocycles.